The van der Waals surface area contributed by atoms with Crippen LogP contribution in [0.1, 0.15) is 19.3 Å². The van der Waals surface area contributed by atoms with E-state index >= 15 is 0 Å². The third-order valence-corrected chi connectivity index (χ3v) is 4.58. The van der Waals surface area contributed by atoms with Crippen molar-refractivity contribution >= 4 is 10.0 Å². The van der Waals surface area contributed by atoms with Crippen molar-refractivity contribution in [2.24, 2.45) is 0 Å². The van der Waals surface area contributed by atoms with E-state index in [2.05, 4.69) is 10.0 Å². The fourth-order valence-electron chi connectivity index (χ4n) is 2.08. The Morgan fingerprint density at radius 2 is 2.11 bits per heavy atom. The summed E-state index contributed by atoms with van der Waals surface area (Å²) in [5, 5.41) is 3.17. The van der Waals surface area contributed by atoms with E-state index in [1.165, 1.54) is 6.07 Å². The van der Waals surface area contributed by atoms with Crippen LogP contribution in [0.2, 0.25) is 0 Å². The number of nitrogens with one attached hydrogen (secondary N) is 2. The average Bonchev–Trinajstić information content (AvgIpc) is 2.41. The zero-order chi connectivity index (χ0) is 13.9. The van der Waals surface area contributed by atoms with Crippen LogP contribution in [0.25, 0.3) is 0 Å². The zero-order valence-corrected chi connectivity index (χ0v) is 11.1. The summed E-state index contributed by atoms with van der Waals surface area (Å²) < 4.78 is 52.6. The summed E-state index contributed by atoms with van der Waals surface area (Å²) in [6.45, 7) is 1.03. The fourth-order valence-corrected chi connectivity index (χ4v) is 3.25. The first-order chi connectivity index (χ1) is 9.00. The van der Waals surface area contributed by atoms with E-state index in [9.17, 15) is 17.2 Å². The number of benzene rings is 1. The molecule has 1 fully saturated rings. The second-order valence-electron chi connectivity index (χ2n) is 4.55. The third-order valence-electron chi connectivity index (χ3n) is 3.14. The van der Waals surface area contributed by atoms with Crippen LogP contribution in [0, 0.1) is 11.6 Å². The van der Waals surface area contributed by atoms with Crippen molar-refractivity contribution in [1.82, 2.24) is 10.0 Å². The molecule has 2 N–H and O–H groups in total. The van der Waals surface area contributed by atoms with Crippen LogP contribution in [0.3, 0.4) is 0 Å². The molecule has 1 heterocycles. The molecule has 0 amide bonds. The van der Waals surface area contributed by atoms with Crippen LogP contribution in [0.5, 0.6) is 0 Å². The lowest BCUT2D eigenvalue weighted by molar-refractivity contribution is 0.397. The van der Waals surface area contributed by atoms with E-state index in [1.807, 2.05) is 0 Å². The highest BCUT2D eigenvalue weighted by Crippen LogP contribution is 2.17. The molecule has 4 nitrogen and oxygen atoms in total. The lowest BCUT2D eigenvalue weighted by Gasteiger charge is -2.23. The van der Waals surface area contributed by atoms with Gasteiger partial charge in [-0.1, -0.05) is 12.5 Å². The number of hydrogen-bond donors (Lipinski definition) is 2. The van der Waals surface area contributed by atoms with Gasteiger partial charge in [0.1, 0.15) is 4.90 Å². The molecule has 19 heavy (non-hydrogen) atoms. The fraction of sp³-hybridized carbons (Fsp3) is 0.500. The lowest BCUT2D eigenvalue weighted by Crippen LogP contribution is -2.43. The highest BCUT2D eigenvalue weighted by atomic mass is 32.2. The van der Waals surface area contributed by atoms with Crippen molar-refractivity contribution in [3.63, 3.8) is 0 Å². The number of sulfonamides is 1. The standard InChI is InChI=1S/C12H16F2N2O2S/c13-10-5-3-6-11(12(10)14)19(17,18)16-8-9-4-1-2-7-15-9/h3,5-6,9,15-16H,1-2,4,7-8H2/t9-/m0/s1. The molecular formula is C12H16F2N2O2S. The molecule has 0 aliphatic carbocycles. The molecule has 106 valence electrons. The van der Waals surface area contributed by atoms with Gasteiger partial charge >= 0.3 is 0 Å². The van der Waals surface area contributed by atoms with Crippen molar-refractivity contribution < 1.29 is 17.2 Å². The van der Waals surface area contributed by atoms with Crippen molar-refractivity contribution in [2.45, 2.75) is 30.2 Å². The van der Waals surface area contributed by atoms with Crippen LogP contribution in [-0.2, 0) is 10.0 Å². The summed E-state index contributed by atoms with van der Waals surface area (Å²) in [6.07, 6.45) is 2.98. The molecule has 0 bridgehead atoms. The Morgan fingerprint density at radius 1 is 1.32 bits per heavy atom. The van der Waals surface area contributed by atoms with Gasteiger partial charge in [0, 0.05) is 12.6 Å². The number of rotatable bonds is 4. The Bertz CT molecular complexity index is 543. The van der Waals surface area contributed by atoms with E-state index in [0.717, 1.165) is 37.9 Å². The first-order valence-corrected chi connectivity index (χ1v) is 7.66. The van der Waals surface area contributed by atoms with Crippen molar-refractivity contribution in [3.8, 4) is 0 Å². The molecule has 1 atom stereocenters. The van der Waals surface area contributed by atoms with Gasteiger partial charge in [-0.15, -0.1) is 0 Å². The van der Waals surface area contributed by atoms with Gasteiger partial charge < -0.3 is 5.32 Å². The molecule has 0 aromatic heterocycles. The molecule has 1 saturated heterocycles. The molecule has 1 aromatic rings. The van der Waals surface area contributed by atoms with Gasteiger partial charge in [-0.3, -0.25) is 0 Å². The maximum atomic E-state index is 13.5. The summed E-state index contributed by atoms with van der Waals surface area (Å²) in [6, 6.07) is 3.15. The number of halogens is 2. The van der Waals surface area contributed by atoms with E-state index in [-0.39, 0.29) is 12.6 Å². The predicted octanol–water partition coefficient (Wildman–Crippen LogP) is 1.39. The van der Waals surface area contributed by atoms with Gasteiger partial charge in [0.2, 0.25) is 10.0 Å². The summed E-state index contributed by atoms with van der Waals surface area (Å²) in [7, 11) is -4.02. The molecule has 0 spiro atoms. The second kappa shape index (κ2) is 5.94. The van der Waals surface area contributed by atoms with E-state index in [1.54, 1.807) is 0 Å². The van der Waals surface area contributed by atoms with E-state index < -0.39 is 26.6 Å². The largest absolute Gasteiger partial charge is 0.313 e. The average molecular weight is 290 g/mol. The van der Waals surface area contributed by atoms with Crippen molar-refractivity contribution in [3.05, 3.63) is 29.8 Å². The first-order valence-electron chi connectivity index (χ1n) is 6.18. The molecular weight excluding hydrogens is 274 g/mol. The Balaban J connectivity index is 2.07. The van der Waals surface area contributed by atoms with Gasteiger partial charge in [0.05, 0.1) is 0 Å². The van der Waals surface area contributed by atoms with Gasteiger partial charge in [-0.25, -0.2) is 21.9 Å². The monoisotopic (exact) mass is 290 g/mol. The predicted molar refractivity (Wildman–Crippen MR) is 67.2 cm³/mol. The molecule has 1 aromatic carbocycles. The van der Waals surface area contributed by atoms with Gasteiger partial charge in [-0.05, 0) is 31.5 Å². The van der Waals surface area contributed by atoms with E-state index in [0.29, 0.717) is 0 Å². The smallest absolute Gasteiger partial charge is 0.243 e. The molecule has 7 heteroatoms. The Labute approximate surface area is 111 Å². The van der Waals surface area contributed by atoms with Crippen LogP contribution < -0.4 is 10.0 Å². The minimum Gasteiger partial charge on any atom is -0.313 e. The van der Waals surface area contributed by atoms with Gasteiger partial charge in [-0.2, -0.15) is 0 Å². The Kier molecular flexibility index (Phi) is 4.49. The van der Waals surface area contributed by atoms with Crippen molar-refractivity contribution in [1.29, 1.82) is 0 Å². The summed E-state index contributed by atoms with van der Waals surface area (Å²) in [4.78, 5) is -0.650. The lowest BCUT2D eigenvalue weighted by atomic mass is 10.1. The topological polar surface area (TPSA) is 58.2 Å². The third kappa shape index (κ3) is 3.49. The minimum atomic E-state index is -4.02. The molecule has 1 aliphatic heterocycles. The summed E-state index contributed by atoms with van der Waals surface area (Å²) in [5.41, 5.74) is 0. The van der Waals surface area contributed by atoms with E-state index in [4.69, 9.17) is 0 Å². The Hall–Kier alpha value is -1.05. The normalized spacial score (nSPS) is 20.4. The Morgan fingerprint density at radius 3 is 2.79 bits per heavy atom. The molecule has 0 radical (unpaired) electrons. The number of piperidine rings is 1. The van der Waals surface area contributed by atoms with Crippen LogP contribution in [-0.4, -0.2) is 27.5 Å². The quantitative estimate of drug-likeness (QED) is 0.881. The van der Waals surface area contributed by atoms with Crippen LogP contribution >= 0.6 is 0 Å². The second-order valence-corrected chi connectivity index (χ2v) is 6.29. The van der Waals surface area contributed by atoms with Crippen LogP contribution in [0.15, 0.2) is 23.1 Å². The number of hydrogen-bond acceptors (Lipinski definition) is 3. The molecule has 0 unspecified atom stereocenters. The molecule has 0 saturated carbocycles. The maximum absolute atomic E-state index is 13.5. The van der Waals surface area contributed by atoms with Crippen LogP contribution in [0.4, 0.5) is 8.78 Å². The highest BCUT2D eigenvalue weighted by Gasteiger charge is 2.23. The molecule has 1 aliphatic rings. The summed E-state index contributed by atoms with van der Waals surface area (Å²) in [5.74, 6) is -2.51. The summed E-state index contributed by atoms with van der Waals surface area (Å²) >= 11 is 0. The first kappa shape index (κ1) is 14.4. The van der Waals surface area contributed by atoms with Gasteiger partial charge in [0.25, 0.3) is 0 Å². The SMILES string of the molecule is O=S(=O)(NC[C@@H]1CCCCN1)c1cccc(F)c1F. The minimum absolute atomic E-state index is 0.0418. The van der Waals surface area contributed by atoms with Crippen molar-refractivity contribution in [2.75, 3.05) is 13.1 Å². The highest BCUT2D eigenvalue weighted by molar-refractivity contribution is 7.89. The zero-order valence-electron chi connectivity index (χ0n) is 10.3. The van der Waals surface area contributed by atoms with Gasteiger partial charge in [0.15, 0.2) is 11.6 Å². The maximum Gasteiger partial charge on any atom is 0.243 e. The molecule has 2 rings (SSSR count).